The Hall–Kier alpha value is -7.22. The molecule has 0 spiro atoms. The van der Waals surface area contributed by atoms with Gasteiger partial charge in [0, 0.05) is 30.9 Å². The Labute approximate surface area is 396 Å². The molecule has 0 bridgehead atoms. The molecule has 0 unspecified atom stereocenters. The van der Waals surface area contributed by atoms with Gasteiger partial charge in [0.05, 0.1) is 29.7 Å². The van der Waals surface area contributed by atoms with Crippen molar-refractivity contribution in [1.29, 1.82) is 0 Å². The number of imidazole rings is 2. The molecule has 2 aliphatic heterocycles. The van der Waals surface area contributed by atoms with E-state index in [1.807, 2.05) is 95.0 Å². The lowest BCUT2D eigenvalue weighted by Crippen LogP contribution is -2.48. The van der Waals surface area contributed by atoms with Gasteiger partial charge in [0.2, 0.25) is 0 Å². The van der Waals surface area contributed by atoms with Crippen LogP contribution in [0.1, 0.15) is 124 Å². The van der Waals surface area contributed by atoms with Crippen LogP contribution in [0.4, 0.5) is 9.59 Å². The standard InChI is InChI=1S/C54H58N8O6/c63-51(47(39-13-3-1-4-14-39)59-53(65)68-42-19-9-10-20-42)60-31-11-21-45(60)49-55-33-43(57-49)37-27-23-35(24-28-37)36-25-29-38(30-26-36)44-34-56-50(58-44)46-22-12-32-61(46)52(64)48(40-15-5-2-6-16-40)62(54(66)67)41-17-7-8-18-41/h1-6,13-16,23-30,33-34,41-42,45-48H,7-12,17-22,31-32H2,(H,55,57)(H,56,58)(H,59,65)(H,66,67)/t45-,46-,47+,48+/m0/s1. The van der Waals surface area contributed by atoms with Gasteiger partial charge < -0.3 is 34.9 Å². The summed E-state index contributed by atoms with van der Waals surface area (Å²) in [6.45, 7) is 1.09. The van der Waals surface area contributed by atoms with E-state index >= 15 is 0 Å². The maximum atomic E-state index is 14.5. The maximum Gasteiger partial charge on any atom is 0.408 e. The Morgan fingerprint density at radius 2 is 1.21 bits per heavy atom. The SMILES string of the molecule is O=C(N[C@@H](C(=O)N1CCC[C@H]1c1ncc(-c2ccc(-c3ccc(-c4c[nH]c([C@@H]5CCCN5C(=O)[C@@H](c5ccccc5)N(C(=O)O)C5CCCC5)n4)cc3)cc2)[nH]1)c1ccccc1)OC1CCCC1. The first-order chi connectivity index (χ1) is 33.3. The van der Waals surface area contributed by atoms with Gasteiger partial charge in [-0.1, -0.05) is 122 Å². The molecule has 2 saturated carbocycles. The van der Waals surface area contributed by atoms with E-state index < -0.39 is 24.3 Å². The third kappa shape index (κ3) is 9.36. The van der Waals surface area contributed by atoms with Crippen LogP contribution in [-0.4, -0.2) is 89.0 Å². The minimum Gasteiger partial charge on any atom is -0.465 e. The topological polar surface area (TPSA) is 177 Å². The normalized spacial score (nSPS) is 19.5. The van der Waals surface area contributed by atoms with Crippen LogP contribution in [0.15, 0.2) is 122 Å². The highest BCUT2D eigenvalue weighted by Crippen LogP contribution is 2.39. The number of amides is 4. The number of carbonyl (C=O) groups excluding carboxylic acids is 3. The van der Waals surface area contributed by atoms with E-state index in [4.69, 9.17) is 14.7 Å². The maximum absolute atomic E-state index is 14.5. The van der Waals surface area contributed by atoms with E-state index in [1.165, 1.54) is 4.90 Å². The average molecular weight is 915 g/mol. The van der Waals surface area contributed by atoms with Crippen molar-refractivity contribution in [2.75, 3.05) is 13.1 Å². The van der Waals surface area contributed by atoms with Gasteiger partial charge >= 0.3 is 12.2 Å². The number of benzene rings is 4. The summed E-state index contributed by atoms with van der Waals surface area (Å²) in [5.41, 5.74) is 6.99. The van der Waals surface area contributed by atoms with Crippen molar-refractivity contribution in [1.82, 2.24) is 40.0 Å². The molecule has 2 saturated heterocycles. The number of nitrogens with one attached hydrogen (secondary N) is 3. The van der Waals surface area contributed by atoms with Gasteiger partial charge in [-0.3, -0.25) is 14.5 Å². The van der Waals surface area contributed by atoms with Crippen molar-refractivity contribution < 1.29 is 29.0 Å². The van der Waals surface area contributed by atoms with Crippen LogP contribution in [0.5, 0.6) is 0 Å². The number of nitrogens with zero attached hydrogens (tertiary/aromatic N) is 5. The molecule has 10 rings (SSSR count). The summed E-state index contributed by atoms with van der Waals surface area (Å²) in [6.07, 6.45) is 12.3. The Kier molecular flexibility index (Phi) is 13.1. The lowest BCUT2D eigenvalue weighted by molar-refractivity contribution is -0.138. The molecule has 68 heavy (non-hydrogen) atoms. The zero-order chi connectivity index (χ0) is 46.6. The molecule has 2 aliphatic carbocycles. The lowest BCUT2D eigenvalue weighted by atomic mass is 10.0. The second-order valence-electron chi connectivity index (χ2n) is 18.6. The second kappa shape index (κ2) is 19.9. The van der Waals surface area contributed by atoms with E-state index in [0.29, 0.717) is 35.9 Å². The number of carbonyl (C=O) groups is 4. The fourth-order valence-electron chi connectivity index (χ4n) is 10.9. The molecule has 4 atom stereocenters. The van der Waals surface area contributed by atoms with Crippen molar-refractivity contribution in [3.8, 4) is 33.6 Å². The van der Waals surface area contributed by atoms with Crippen molar-refractivity contribution in [2.45, 2.75) is 113 Å². The molecule has 0 radical (unpaired) electrons. The monoisotopic (exact) mass is 914 g/mol. The van der Waals surface area contributed by atoms with Gasteiger partial charge in [-0.2, -0.15) is 0 Å². The van der Waals surface area contributed by atoms with Gasteiger partial charge in [0.15, 0.2) is 0 Å². The van der Waals surface area contributed by atoms with Crippen molar-refractivity contribution in [3.63, 3.8) is 0 Å². The molecule has 4 aliphatic rings. The van der Waals surface area contributed by atoms with Crippen molar-refractivity contribution in [3.05, 3.63) is 144 Å². The van der Waals surface area contributed by atoms with Crippen LogP contribution < -0.4 is 5.32 Å². The molecule has 14 heteroatoms. The van der Waals surface area contributed by atoms with Gasteiger partial charge in [-0.25, -0.2) is 19.6 Å². The van der Waals surface area contributed by atoms with Crippen LogP contribution in [0.3, 0.4) is 0 Å². The van der Waals surface area contributed by atoms with Crippen molar-refractivity contribution in [2.24, 2.45) is 0 Å². The van der Waals surface area contributed by atoms with Gasteiger partial charge in [-0.05, 0) is 92.0 Å². The van der Waals surface area contributed by atoms with E-state index in [-0.39, 0.29) is 36.0 Å². The van der Waals surface area contributed by atoms with Crippen LogP contribution in [-0.2, 0) is 14.3 Å². The predicted octanol–water partition coefficient (Wildman–Crippen LogP) is 10.5. The molecule has 4 N–H and O–H groups in total. The first kappa shape index (κ1) is 44.6. The molecular weight excluding hydrogens is 857 g/mol. The summed E-state index contributed by atoms with van der Waals surface area (Å²) < 4.78 is 5.70. The number of hydrogen-bond acceptors (Lipinski definition) is 7. The van der Waals surface area contributed by atoms with Gasteiger partial charge in [0.1, 0.15) is 29.8 Å². The molecule has 6 aromatic rings. The summed E-state index contributed by atoms with van der Waals surface area (Å²) >= 11 is 0. The molecule has 4 heterocycles. The third-order valence-corrected chi connectivity index (χ3v) is 14.4. The summed E-state index contributed by atoms with van der Waals surface area (Å²) in [4.78, 5) is 76.3. The van der Waals surface area contributed by atoms with Crippen LogP contribution >= 0.6 is 0 Å². The van der Waals surface area contributed by atoms with E-state index in [0.717, 1.165) is 111 Å². The molecular formula is C54H58N8O6. The van der Waals surface area contributed by atoms with E-state index in [1.54, 1.807) is 0 Å². The number of carboxylic acid groups (broad SMARTS) is 1. The van der Waals surface area contributed by atoms with Gasteiger partial charge in [-0.15, -0.1) is 0 Å². The Morgan fingerprint density at radius 1 is 0.647 bits per heavy atom. The smallest absolute Gasteiger partial charge is 0.408 e. The van der Waals surface area contributed by atoms with Crippen LogP contribution in [0.2, 0.25) is 0 Å². The number of hydrogen-bond donors (Lipinski definition) is 4. The first-order valence-corrected chi connectivity index (χ1v) is 24.3. The number of likely N-dealkylation sites (tertiary alicyclic amines) is 2. The number of rotatable bonds is 13. The number of ether oxygens (including phenoxy) is 1. The Morgan fingerprint density at radius 3 is 1.84 bits per heavy atom. The fourth-order valence-corrected chi connectivity index (χ4v) is 10.9. The van der Waals surface area contributed by atoms with Gasteiger partial charge in [0.25, 0.3) is 11.8 Å². The molecule has 4 fully saturated rings. The fraction of sp³-hybridized carbons (Fsp3) is 0.370. The summed E-state index contributed by atoms with van der Waals surface area (Å²) in [6, 6.07) is 32.6. The zero-order valence-electron chi connectivity index (χ0n) is 38.1. The highest BCUT2D eigenvalue weighted by atomic mass is 16.6. The first-order valence-electron chi connectivity index (χ1n) is 24.3. The number of aromatic nitrogens is 4. The number of aromatic amines is 2. The lowest BCUT2D eigenvalue weighted by Gasteiger charge is -2.37. The Bertz CT molecular complexity index is 2690. The number of alkyl carbamates (subject to hydrolysis) is 1. The quantitative estimate of drug-likeness (QED) is 0.0885. The highest BCUT2D eigenvalue weighted by molar-refractivity contribution is 5.88. The Balaban J connectivity index is 0.800. The number of H-pyrrole nitrogens is 2. The third-order valence-electron chi connectivity index (χ3n) is 14.4. The average Bonchev–Trinajstić information content (AvgIpc) is 4.23. The van der Waals surface area contributed by atoms with Crippen LogP contribution in [0.25, 0.3) is 33.6 Å². The summed E-state index contributed by atoms with van der Waals surface area (Å²) in [5.74, 6) is 1.01. The summed E-state index contributed by atoms with van der Waals surface area (Å²) in [7, 11) is 0. The van der Waals surface area contributed by atoms with E-state index in [2.05, 4.69) is 51.7 Å². The van der Waals surface area contributed by atoms with E-state index in [9.17, 15) is 24.3 Å². The largest absolute Gasteiger partial charge is 0.465 e. The minimum atomic E-state index is -1.06. The highest BCUT2D eigenvalue weighted by Gasteiger charge is 2.43. The summed E-state index contributed by atoms with van der Waals surface area (Å²) in [5, 5.41) is 13.4. The predicted molar refractivity (Wildman–Crippen MR) is 257 cm³/mol. The molecule has 4 aromatic carbocycles. The molecule has 2 aromatic heterocycles. The van der Waals surface area contributed by atoms with Crippen molar-refractivity contribution >= 4 is 24.0 Å². The second-order valence-corrected chi connectivity index (χ2v) is 18.6. The molecule has 350 valence electrons. The zero-order valence-corrected chi connectivity index (χ0v) is 38.1. The van der Waals surface area contributed by atoms with Crippen LogP contribution in [0, 0.1) is 0 Å². The minimum absolute atomic E-state index is 0.113. The molecule has 4 amide bonds. The molecule has 14 nitrogen and oxygen atoms in total.